The number of sulfonamides is 1. The van der Waals surface area contributed by atoms with Crippen molar-refractivity contribution < 1.29 is 23.1 Å². The Morgan fingerprint density at radius 3 is 2.44 bits per heavy atom. The molecule has 0 aliphatic rings. The molecule has 0 aliphatic carbocycles. The van der Waals surface area contributed by atoms with Crippen LogP contribution in [0.25, 0.3) is 0 Å². The molecule has 0 atom stereocenters. The molecule has 2 N–H and O–H groups in total. The lowest BCUT2D eigenvalue weighted by atomic mass is 10.3. The third-order valence-electron chi connectivity index (χ3n) is 2.21. The highest BCUT2D eigenvalue weighted by Crippen LogP contribution is 2.02. The standard InChI is InChI=1S/C10H20N2O5S/c1-3-6-11-9(13)8-12(2)18(16,17)7-4-5-10(14)15/h3-8H2,1-2H3,(H,11,13)(H,14,15). The number of carboxylic acids is 1. The summed E-state index contributed by atoms with van der Waals surface area (Å²) in [5.41, 5.74) is 0. The summed E-state index contributed by atoms with van der Waals surface area (Å²) in [6.45, 7) is 2.16. The Morgan fingerprint density at radius 2 is 1.94 bits per heavy atom. The van der Waals surface area contributed by atoms with E-state index in [0.29, 0.717) is 6.54 Å². The zero-order chi connectivity index (χ0) is 14.2. The van der Waals surface area contributed by atoms with Gasteiger partial charge in [0.05, 0.1) is 12.3 Å². The molecule has 8 heteroatoms. The van der Waals surface area contributed by atoms with Crippen LogP contribution in [0.3, 0.4) is 0 Å². The summed E-state index contributed by atoms with van der Waals surface area (Å²) in [7, 11) is -2.26. The molecular formula is C10H20N2O5S. The summed E-state index contributed by atoms with van der Waals surface area (Å²) >= 11 is 0. The number of carbonyl (C=O) groups is 2. The molecule has 0 saturated heterocycles. The normalized spacial score (nSPS) is 11.5. The number of aliphatic carboxylic acids is 1. The van der Waals surface area contributed by atoms with Gasteiger partial charge in [0.2, 0.25) is 15.9 Å². The zero-order valence-electron chi connectivity index (χ0n) is 10.7. The number of carboxylic acid groups (broad SMARTS) is 1. The Morgan fingerprint density at radius 1 is 1.33 bits per heavy atom. The fourth-order valence-electron chi connectivity index (χ4n) is 1.18. The number of nitrogens with one attached hydrogen (secondary N) is 1. The Balaban J connectivity index is 4.17. The van der Waals surface area contributed by atoms with Gasteiger partial charge in [-0.25, -0.2) is 8.42 Å². The molecule has 0 unspecified atom stereocenters. The van der Waals surface area contributed by atoms with E-state index in [0.717, 1.165) is 10.7 Å². The topological polar surface area (TPSA) is 104 Å². The lowest BCUT2D eigenvalue weighted by molar-refractivity contribution is -0.137. The molecule has 0 rings (SSSR count). The molecule has 0 spiro atoms. The molecule has 0 aromatic carbocycles. The van der Waals surface area contributed by atoms with Crippen molar-refractivity contribution in [3.63, 3.8) is 0 Å². The summed E-state index contributed by atoms with van der Waals surface area (Å²) in [6.07, 6.45) is 0.620. The first kappa shape index (κ1) is 16.9. The van der Waals surface area contributed by atoms with Gasteiger partial charge in [0.1, 0.15) is 0 Å². The first-order valence-electron chi connectivity index (χ1n) is 5.72. The second-order valence-electron chi connectivity index (χ2n) is 3.92. The van der Waals surface area contributed by atoms with E-state index in [4.69, 9.17) is 5.11 Å². The number of likely N-dealkylation sites (N-methyl/N-ethyl adjacent to an activating group) is 1. The summed E-state index contributed by atoms with van der Waals surface area (Å²) in [6, 6.07) is 0. The van der Waals surface area contributed by atoms with Crippen LogP contribution in [0.1, 0.15) is 26.2 Å². The molecule has 0 heterocycles. The van der Waals surface area contributed by atoms with Gasteiger partial charge >= 0.3 is 5.97 Å². The van der Waals surface area contributed by atoms with E-state index in [1.165, 1.54) is 7.05 Å². The average Bonchev–Trinajstić information content (AvgIpc) is 2.25. The van der Waals surface area contributed by atoms with Crippen LogP contribution in [0.5, 0.6) is 0 Å². The van der Waals surface area contributed by atoms with E-state index in [2.05, 4.69) is 5.32 Å². The van der Waals surface area contributed by atoms with Gasteiger partial charge in [-0.1, -0.05) is 6.92 Å². The molecule has 0 bridgehead atoms. The lowest BCUT2D eigenvalue weighted by Gasteiger charge is -2.16. The zero-order valence-corrected chi connectivity index (χ0v) is 11.5. The van der Waals surface area contributed by atoms with Crippen molar-refractivity contribution in [1.29, 1.82) is 0 Å². The van der Waals surface area contributed by atoms with Crippen molar-refractivity contribution in [2.24, 2.45) is 0 Å². The van der Waals surface area contributed by atoms with Crippen LogP contribution in [0, 0.1) is 0 Å². The van der Waals surface area contributed by atoms with Gasteiger partial charge in [-0.3, -0.25) is 9.59 Å². The first-order valence-corrected chi connectivity index (χ1v) is 7.33. The highest BCUT2D eigenvalue weighted by atomic mass is 32.2. The summed E-state index contributed by atoms with van der Waals surface area (Å²) in [5.74, 6) is -1.66. The van der Waals surface area contributed by atoms with Crippen molar-refractivity contribution in [2.45, 2.75) is 26.2 Å². The maximum absolute atomic E-state index is 11.7. The van der Waals surface area contributed by atoms with Gasteiger partial charge in [-0.15, -0.1) is 0 Å². The molecular weight excluding hydrogens is 260 g/mol. The number of hydrogen-bond acceptors (Lipinski definition) is 4. The van der Waals surface area contributed by atoms with Crippen LogP contribution in [-0.4, -0.2) is 55.6 Å². The molecule has 106 valence electrons. The number of nitrogens with zero attached hydrogens (tertiary/aromatic N) is 1. The van der Waals surface area contributed by atoms with Crippen molar-refractivity contribution in [1.82, 2.24) is 9.62 Å². The summed E-state index contributed by atoms with van der Waals surface area (Å²) in [5, 5.41) is 11.0. The molecule has 18 heavy (non-hydrogen) atoms. The predicted molar refractivity (Wildman–Crippen MR) is 66.6 cm³/mol. The summed E-state index contributed by atoms with van der Waals surface area (Å²) < 4.78 is 24.3. The average molecular weight is 280 g/mol. The molecule has 7 nitrogen and oxygen atoms in total. The van der Waals surface area contributed by atoms with Crippen LogP contribution >= 0.6 is 0 Å². The molecule has 0 saturated carbocycles. The van der Waals surface area contributed by atoms with Crippen LogP contribution in [0.2, 0.25) is 0 Å². The van der Waals surface area contributed by atoms with E-state index < -0.39 is 16.0 Å². The summed E-state index contributed by atoms with van der Waals surface area (Å²) in [4.78, 5) is 21.6. The second kappa shape index (κ2) is 8.04. The van der Waals surface area contributed by atoms with Gasteiger partial charge in [0.25, 0.3) is 0 Å². The molecule has 1 amide bonds. The second-order valence-corrected chi connectivity index (χ2v) is 6.11. The monoisotopic (exact) mass is 280 g/mol. The van der Waals surface area contributed by atoms with E-state index in [-0.39, 0.29) is 31.0 Å². The number of carbonyl (C=O) groups excluding carboxylic acids is 1. The number of rotatable bonds is 9. The van der Waals surface area contributed by atoms with Gasteiger partial charge in [-0.2, -0.15) is 4.31 Å². The number of hydrogen-bond donors (Lipinski definition) is 2. The Hall–Kier alpha value is -1.15. The van der Waals surface area contributed by atoms with E-state index in [1.54, 1.807) is 0 Å². The van der Waals surface area contributed by atoms with Crippen molar-refractivity contribution in [2.75, 3.05) is 25.9 Å². The van der Waals surface area contributed by atoms with Crippen molar-refractivity contribution >= 4 is 21.9 Å². The number of amides is 1. The quantitative estimate of drug-likeness (QED) is 0.600. The molecule has 0 aliphatic heterocycles. The van der Waals surface area contributed by atoms with Gasteiger partial charge in [0, 0.05) is 20.0 Å². The first-order chi connectivity index (χ1) is 8.29. The molecule has 0 aromatic heterocycles. The Kier molecular flexibility index (Phi) is 7.53. The van der Waals surface area contributed by atoms with Crippen LogP contribution in [0.15, 0.2) is 0 Å². The SMILES string of the molecule is CCCNC(=O)CN(C)S(=O)(=O)CCCC(=O)O. The smallest absolute Gasteiger partial charge is 0.303 e. The maximum atomic E-state index is 11.7. The Labute approximate surface area is 107 Å². The predicted octanol–water partition coefficient (Wildman–Crippen LogP) is -0.361. The molecule has 0 aromatic rings. The minimum Gasteiger partial charge on any atom is -0.481 e. The van der Waals surface area contributed by atoms with Crippen LogP contribution < -0.4 is 5.32 Å². The minimum absolute atomic E-state index is 0.0403. The van der Waals surface area contributed by atoms with Crippen molar-refractivity contribution in [3.8, 4) is 0 Å². The highest BCUT2D eigenvalue weighted by molar-refractivity contribution is 7.89. The highest BCUT2D eigenvalue weighted by Gasteiger charge is 2.20. The van der Waals surface area contributed by atoms with Crippen LogP contribution in [-0.2, 0) is 19.6 Å². The largest absolute Gasteiger partial charge is 0.481 e. The molecule has 0 fully saturated rings. The third kappa shape index (κ3) is 7.23. The van der Waals surface area contributed by atoms with Gasteiger partial charge in [0.15, 0.2) is 0 Å². The third-order valence-corrected chi connectivity index (χ3v) is 4.09. The van der Waals surface area contributed by atoms with Gasteiger partial charge < -0.3 is 10.4 Å². The minimum atomic E-state index is -3.57. The van der Waals surface area contributed by atoms with Gasteiger partial charge in [-0.05, 0) is 12.8 Å². The van der Waals surface area contributed by atoms with E-state index in [1.807, 2.05) is 6.92 Å². The Bertz CT molecular complexity index is 380. The van der Waals surface area contributed by atoms with Crippen molar-refractivity contribution in [3.05, 3.63) is 0 Å². The van der Waals surface area contributed by atoms with Crippen LogP contribution in [0.4, 0.5) is 0 Å². The lowest BCUT2D eigenvalue weighted by Crippen LogP contribution is -2.39. The maximum Gasteiger partial charge on any atom is 0.303 e. The fourth-order valence-corrected chi connectivity index (χ4v) is 2.32. The molecule has 0 radical (unpaired) electrons. The fraction of sp³-hybridized carbons (Fsp3) is 0.800. The van der Waals surface area contributed by atoms with E-state index in [9.17, 15) is 18.0 Å². The van der Waals surface area contributed by atoms with E-state index >= 15 is 0 Å².